The maximum atomic E-state index is 12.5. The van der Waals surface area contributed by atoms with Crippen molar-refractivity contribution in [1.29, 1.82) is 0 Å². The second kappa shape index (κ2) is 4.74. The van der Waals surface area contributed by atoms with Crippen molar-refractivity contribution in [2.75, 3.05) is 13.2 Å². The standard InChI is InChI=1S/C7H9F7O2/c1-4(8)7(13,14)16-3-6(11,12)5(9,10)2-15/h4,15H,2-3H2,1H3. The summed E-state index contributed by atoms with van der Waals surface area (Å²) in [5.41, 5.74) is 0. The van der Waals surface area contributed by atoms with E-state index >= 15 is 0 Å². The molecule has 0 aromatic carbocycles. The van der Waals surface area contributed by atoms with Crippen LogP contribution in [0.4, 0.5) is 30.7 Å². The first-order valence-electron chi connectivity index (χ1n) is 3.98. The minimum absolute atomic E-state index is 0.322. The Bertz CT molecular complexity index is 229. The summed E-state index contributed by atoms with van der Waals surface area (Å²) in [6.45, 7) is -4.32. The van der Waals surface area contributed by atoms with Crippen LogP contribution in [0.5, 0.6) is 0 Å². The highest BCUT2D eigenvalue weighted by atomic mass is 19.3. The Morgan fingerprint density at radius 2 is 1.50 bits per heavy atom. The molecule has 0 aromatic rings. The fraction of sp³-hybridized carbons (Fsp3) is 1.00. The molecule has 0 aliphatic rings. The molecular weight excluding hydrogens is 249 g/mol. The fourth-order valence-corrected chi connectivity index (χ4v) is 0.523. The lowest BCUT2D eigenvalue weighted by molar-refractivity contribution is -0.320. The van der Waals surface area contributed by atoms with Gasteiger partial charge in [0.05, 0.1) is 0 Å². The Balaban J connectivity index is 4.52. The van der Waals surface area contributed by atoms with Crippen molar-refractivity contribution in [3.05, 3.63) is 0 Å². The Morgan fingerprint density at radius 3 is 1.81 bits per heavy atom. The topological polar surface area (TPSA) is 29.5 Å². The van der Waals surface area contributed by atoms with Crippen LogP contribution in [0.15, 0.2) is 0 Å². The smallest absolute Gasteiger partial charge is 0.386 e. The number of alkyl halides is 7. The van der Waals surface area contributed by atoms with Crippen molar-refractivity contribution in [3.8, 4) is 0 Å². The molecule has 0 amide bonds. The maximum absolute atomic E-state index is 12.5. The molecule has 1 unspecified atom stereocenters. The van der Waals surface area contributed by atoms with E-state index in [0.29, 0.717) is 6.92 Å². The number of aliphatic hydroxyl groups is 1. The zero-order valence-corrected chi connectivity index (χ0v) is 7.99. The van der Waals surface area contributed by atoms with Crippen molar-refractivity contribution in [3.63, 3.8) is 0 Å². The molecule has 0 spiro atoms. The molecule has 0 radical (unpaired) electrons. The third-order valence-corrected chi connectivity index (χ3v) is 1.64. The van der Waals surface area contributed by atoms with E-state index in [0.717, 1.165) is 0 Å². The molecule has 0 aliphatic heterocycles. The predicted molar refractivity (Wildman–Crippen MR) is 38.4 cm³/mol. The monoisotopic (exact) mass is 258 g/mol. The molecule has 0 fully saturated rings. The van der Waals surface area contributed by atoms with E-state index in [9.17, 15) is 30.7 Å². The van der Waals surface area contributed by atoms with E-state index in [1.54, 1.807) is 0 Å². The highest BCUT2D eigenvalue weighted by Crippen LogP contribution is 2.36. The molecule has 0 rings (SSSR count). The molecule has 0 heterocycles. The van der Waals surface area contributed by atoms with Gasteiger partial charge in [0, 0.05) is 0 Å². The first-order chi connectivity index (χ1) is 6.96. The van der Waals surface area contributed by atoms with Gasteiger partial charge < -0.3 is 9.84 Å². The van der Waals surface area contributed by atoms with Crippen molar-refractivity contribution in [2.45, 2.75) is 31.0 Å². The SMILES string of the molecule is CC(F)C(F)(F)OCC(F)(F)C(F)(F)CO. The molecule has 1 atom stereocenters. The van der Waals surface area contributed by atoms with Crippen LogP contribution in [-0.2, 0) is 4.74 Å². The number of halogens is 7. The summed E-state index contributed by atoms with van der Waals surface area (Å²) in [4.78, 5) is 0. The van der Waals surface area contributed by atoms with Crippen molar-refractivity contribution in [1.82, 2.24) is 0 Å². The normalized spacial score (nSPS) is 16.3. The first kappa shape index (κ1) is 15.4. The Morgan fingerprint density at radius 1 is 1.06 bits per heavy atom. The average Bonchev–Trinajstić information content (AvgIpc) is 2.14. The van der Waals surface area contributed by atoms with Crippen molar-refractivity contribution >= 4 is 0 Å². The molecule has 16 heavy (non-hydrogen) atoms. The lowest BCUT2D eigenvalue weighted by atomic mass is 10.2. The van der Waals surface area contributed by atoms with Gasteiger partial charge in [-0.25, -0.2) is 4.39 Å². The third kappa shape index (κ3) is 3.48. The van der Waals surface area contributed by atoms with Crippen LogP contribution in [0.3, 0.4) is 0 Å². The molecule has 98 valence electrons. The van der Waals surface area contributed by atoms with Crippen LogP contribution in [-0.4, -0.2) is 42.4 Å². The largest absolute Gasteiger partial charge is 0.390 e. The van der Waals surface area contributed by atoms with E-state index in [1.807, 2.05) is 0 Å². The van der Waals surface area contributed by atoms with Gasteiger partial charge >= 0.3 is 18.0 Å². The highest BCUT2D eigenvalue weighted by molar-refractivity contribution is 4.84. The van der Waals surface area contributed by atoms with Gasteiger partial charge in [0.15, 0.2) is 6.17 Å². The molecule has 0 saturated heterocycles. The first-order valence-corrected chi connectivity index (χ1v) is 3.98. The number of rotatable bonds is 6. The Labute approximate surface area is 86.0 Å². The highest BCUT2D eigenvalue weighted by Gasteiger charge is 2.57. The van der Waals surface area contributed by atoms with E-state index in [2.05, 4.69) is 4.74 Å². The average molecular weight is 258 g/mol. The van der Waals surface area contributed by atoms with Crippen LogP contribution in [0.2, 0.25) is 0 Å². The van der Waals surface area contributed by atoms with Crippen LogP contribution in [0.25, 0.3) is 0 Å². The van der Waals surface area contributed by atoms with Crippen LogP contribution in [0.1, 0.15) is 6.92 Å². The number of hydrogen-bond donors (Lipinski definition) is 1. The van der Waals surface area contributed by atoms with E-state index in [4.69, 9.17) is 5.11 Å². The predicted octanol–water partition coefficient (Wildman–Crippen LogP) is 2.22. The molecule has 0 saturated carbocycles. The molecular formula is C7H9F7O2. The lowest BCUT2D eigenvalue weighted by Crippen LogP contribution is -2.49. The Kier molecular flexibility index (Phi) is 4.57. The molecule has 1 N–H and O–H groups in total. The van der Waals surface area contributed by atoms with Gasteiger partial charge in [0.2, 0.25) is 0 Å². The van der Waals surface area contributed by atoms with Gasteiger partial charge in [0.25, 0.3) is 0 Å². The van der Waals surface area contributed by atoms with E-state index < -0.39 is 37.3 Å². The molecule has 0 aliphatic carbocycles. The van der Waals surface area contributed by atoms with Gasteiger partial charge in [-0.05, 0) is 6.92 Å². The van der Waals surface area contributed by atoms with Gasteiger partial charge in [-0.3, -0.25) is 0 Å². The van der Waals surface area contributed by atoms with E-state index in [1.165, 1.54) is 0 Å². The summed E-state index contributed by atoms with van der Waals surface area (Å²) < 4.78 is 89.4. The van der Waals surface area contributed by atoms with Gasteiger partial charge in [-0.1, -0.05) is 0 Å². The minimum Gasteiger partial charge on any atom is -0.390 e. The maximum Gasteiger partial charge on any atom is 0.386 e. The molecule has 0 bridgehead atoms. The Hall–Kier alpha value is -0.570. The molecule has 0 aromatic heterocycles. The molecule has 2 nitrogen and oxygen atoms in total. The van der Waals surface area contributed by atoms with E-state index in [-0.39, 0.29) is 0 Å². The lowest BCUT2D eigenvalue weighted by Gasteiger charge is -2.27. The quantitative estimate of drug-likeness (QED) is 0.740. The number of ether oxygens (including phenoxy) is 1. The number of aliphatic hydroxyl groups excluding tert-OH is 1. The number of hydrogen-bond acceptors (Lipinski definition) is 2. The second-order valence-electron chi connectivity index (χ2n) is 3.03. The summed E-state index contributed by atoms with van der Waals surface area (Å²) in [5, 5.41) is 7.92. The third-order valence-electron chi connectivity index (χ3n) is 1.64. The van der Waals surface area contributed by atoms with Crippen molar-refractivity contribution < 1.29 is 40.6 Å². The van der Waals surface area contributed by atoms with Crippen LogP contribution < -0.4 is 0 Å². The second-order valence-corrected chi connectivity index (χ2v) is 3.03. The van der Waals surface area contributed by atoms with Crippen molar-refractivity contribution in [2.24, 2.45) is 0 Å². The summed E-state index contributed by atoms with van der Waals surface area (Å²) in [7, 11) is 0. The molecule has 9 heteroatoms. The summed E-state index contributed by atoms with van der Waals surface area (Å²) in [6, 6.07) is 0. The van der Waals surface area contributed by atoms with Crippen LogP contribution >= 0.6 is 0 Å². The zero-order valence-electron chi connectivity index (χ0n) is 7.99. The summed E-state index contributed by atoms with van der Waals surface area (Å²) in [6.07, 6.45) is -7.51. The zero-order chi connectivity index (χ0) is 13.2. The summed E-state index contributed by atoms with van der Waals surface area (Å²) >= 11 is 0. The van der Waals surface area contributed by atoms with Crippen LogP contribution in [0, 0.1) is 0 Å². The fourth-order valence-electron chi connectivity index (χ4n) is 0.523. The van der Waals surface area contributed by atoms with Gasteiger partial charge in [0.1, 0.15) is 13.2 Å². The minimum atomic E-state index is -5.01. The van der Waals surface area contributed by atoms with Gasteiger partial charge in [-0.15, -0.1) is 0 Å². The summed E-state index contributed by atoms with van der Waals surface area (Å²) in [5.74, 6) is -9.93. The van der Waals surface area contributed by atoms with Gasteiger partial charge in [-0.2, -0.15) is 26.3 Å².